The Labute approximate surface area is 68.6 Å². The molecule has 1 radical (unpaired) electrons. The summed E-state index contributed by atoms with van der Waals surface area (Å²) in [6.45, 7) is 6.11. The van der Waals surface area contributed by atoms with Gasteiger partial charge >= 0.3 is 5.97 Å². The second kappa shape index (κ2) is 4.37. The molecule has 0 aliphatic carbocycles. The van der Waals surface area contributed by atoms with Crippen molar-refractivity contribution >= 4 is 5.97 Å². The van der Waals surface area contributed by atoms with Crippen LogP contribution in [0.4, 0.5) is 0 Å². The summed E-state index contributed by atoms with van der Waals surface area (Å²) >= 11 is 0. The van der Waals surface area contributed by atoms with Gasteiger partial charge in [0.1, 0.15) is 0 Å². The van der Waals surface area contributed by atoms with Gasteiger partial charge in [0.25, 0.3) is 0 Å². The highest BCUT2D eigenvalue weighted by atomic mass is 16.4. The molecule has 0 aliphatic heterocycles. The molecule has 0 aromatic heterocycles. The van der Waals surface area contributed by atoms with Crippen LogP contribution in [-0.2, 0) is 9.90 Å². The highest BCUT2D eigenvalue weighted by Crippen LogP contribution is 2.33. The van der Waals surface area contributed by atoms with Gasteiger partial charge in [0.2, 0.25) is 0 Å². The van der Waals surface area contributed by atoms with Crippen LogP contribution in [-0.4, -0.2) is 5.97 Å². The zero-order chi connectivity index (χ0) is 8.91. The number of carbonyl (C=O) groups is 1. The Bertz CT molecular complexity index is 117. The summed E-state index contributed by atoms with van der Waals surface area (Å²) in [5, 5.41) is 10.4. The normalized spacial score (nSPS) is 11.5. The van der Waals surface area contributed by atoms with E-state index >= 15 is 0 Å². The summed E-state index contributed by atoms with van der Waals surface area (Å²) in [6, 6.07) is 0. The van der Waals surface area contributed by atoms with Gasteiger partial charge in [-0.05, 0) is 24.7 Å². The molecule has 0 bridgehead atoms. The van der Waals surface area contributed by atoms with Gasteiger partial charge in [-0.25, -0.2) is 9.90 Å². The SMILES string of the molecule is CCC(CC)(CC)CC([O])=O. The maximum Gasteiger partial charge on any atom is 0.356 e. The lowest BCUT2D eigenvalue weighted by molar-refractivity contribution is -0.146. The van der Waals surface area contributed by atoms with E-state index in [0.717, 1.165) is 19.3 Å². The molecule has 0 rings (SSSR count). The van der Waals surface area contributed by atoms with Crippen molar-refractivity contribution in [1.82, 2.24) is 0 Å². The van der Waals surface area contributed by atoms with Crippen LogP contribution >= 0.6 is 0 Å². The lowest BCUT2D eigenvalue weighted by Crippen LogP contribution is -2.21. The highest BCUT2D eigenvalue weighted by molar-refractivity contribution is 5.67. The number of rotatable bonds is 5. The van der Waals surface area contributed by atoms with E-state index in [1.54, 1.807) is 0 Å². The fourth-order valence-corrected chi connectivity index (χ4v) is 1.43. The Morgan fingerprint density at radius 2 is 1.45 bits per heavy atom. The molecule has 0 aromatic carbocycles. The molecule has 0 saturated carbocycles. The van der Waals surface area contributed by atoms with E-state index in [-0.39, 0.29) is 11.8 Å². The van der Waals surface area contributed by atoms with Crippen molar-refractivity contribution in [2.75, 3.05) is 0 Å². The average Bonchev–Trinajstić information content (AvgIpc) is 2.00. The predicted octanol–water partition coefficient (Wildman–Crippen LogP) is 2.55. The van der Waals surface area contributed by atoms with Crippen LogP contribution in [0.5, 0.6) is 0 Å². The minimum Gasteiger partial charge on any atom is -0.247 e. The Morgan fingerprint density at radius 3 is 1.55 bits per heavy atom. The molecule has 0 aliphatic rings. The van der Waals surface area contributed by atoms with Crippen LogP contribution < -0.4 is 0 Å². The molecule has 0 unspecified atom stereocenters. The third-order valence-corrected chi connectivity index (χ3v) is 2.77. The first-order valence-corrected chi connectivity index (χ1v) is 4.30. The summed E-state index contributed by atoms with van der Waals surface area (Å²) in [5.74, 6) is -0.921. The minimum absolute atomic E-state index is 0.0150. The second-order valence-electron chi connectivity index (χ2n) is 3.11. The van der Waals surface area contributed by atoms with Crippen molar-refractivity contribution in [1.29, 1.82) is 0 Å². The largest absolute Gasteiger partial charge is 0.356 e. The molecule has 65 valence electrons. The topological polar surface area (TPSA) is 37.0 Å². The molecule has 0 aromatic rings. The minimum atomic E-state index is -0.921. The Hall–Kier alpha value is -0.530. The number of carbonyl (C=O) groups excluding carboxylic acids is 1. The van der Waals surface area contributed by atoms with Gasteiger partial charge in [0.05, 0.1) is 6.42 Å². The highest BCUT2D eigenvalue weighted by Gasteiger charge is 2.27. The third-order valence-electron chi connectivity index (χ3n) is 2.77. The summed E-state index contributed by atoms with van der Waals surface area (Å²) in [5.41, 5.74) is -0.0150. The quantitative estimate of drug-likeness (QED) is 0.604. The maximum atomic E-state index is 10.4. The van der Waals surface area contributed by atoms with Crippen molar-refractivity contribution in [2.45, 2.75) is 46.5 Å². The van der Waals surface area contributed by atoms with E-state index in [1.807, 2.05) is 20.8 Å². The first-order chi connectivity index (χ1) is 5.10. The van der Waals surface area contributed by atoms with Gasteiger partial charge < -0.3 is 0 Å². The van der Waals surface area contributed by atoms with Gasteiger partial charge in [0, 0.05) is 0 Å². The van der Waals surface area contributed by atoms with E-state index in [2.05, 4.69) is 0 Å². The van der Waals surface area contributed by atoms with Gasteiger partial charge in [0.15, 0.2) is 0 Å². The molecule has 11 heavy (non-hydrogen) atoms. The molecule has 0 spiro atoms. The maximum absolute atomic E-state index is 10.4. The summed E-state index contributed by atoms with van der Waals surface area (Å²) in [6.07, 6.45) is 2.98. The van der Waals surface area contributed by atoms with Gasteiger partial charge in [-0.3, -0.25) is 0 Å². The summed E-state index contributed by atoms with van der Waals surface area (Å²) < 4.78 is 0. The lowest BCUT2D eigenvalue weighted by atomic mass is 9.77. The van der Waals surface area contributed by atoms with Gasteiger partial charge in [-0.1, -0.05) is 20.8 Å². The Morgan fingerprint density at radius 1 is 1.09 bits per heavy atom. The fourth-order valence-electron chi connectivity index (χ4n) is 1.43. The zero-order valence-electron chi connectivity index (χ0n) is 7.64. The lowest BCUT2D eigenvalue weighted by Gasteiger charge is -2.27. The molecule has 2 heteroatoms. The van der Waals surface area contributed by atoms with Crippen molar-refractivity contribution in [2.24, 2.45) is 5.41 Å². The van der Waals surface area contributed by atoms with Crippen molar-refractivity contribution in [3.8, 4) is 0 Å². The van der Waals surface area contributed by atoms with Crippen LogP contribution in [0.25, 0.3) is 0 Å². The predicted molar refractivity (Wildman–Crippen MR) is 43.6 cm³/mol. The van der Waals surface area contributed by atoms with Crippen LogP contribution in [0.2, 0.25) is 0 Å². The van der Waals surface area contributed by atoms with E-state index in [0.29, 0.717) is 0 Å². The summed E-state index contributed by atoms with van der Waals surface area (Å²) in [7, 11) is 0. The van der Waals surface area contributed by atoms with Gasteiger partial charge in [-0.15, -0.1) is 0 Å². The molecule has 0 saturated heterocycles. The fraction of sp³-hybridized carbons (Fsp3) is 0.889. The molecule has 0 amide bonds. The number of hydrogen-bond donors (Lipinski definition) is 0. The summed E-state index contributed by atoms with van der Waals surface area (Å²) in [4.78, 5) is 10.4. The molecule has 0 fully saturated rings. The average molecular weight is 157 g/mol. The van der Waals surface area contributed by atoms with Gasteiger partial charge in [-0.2, -0.15) is 0 Å². The molecule has 2 nitrogen and oxygen atoms in total. The van der Waals surface area contributed by atoms with Crippen molar-refractivity contribution < 1.29 is 9.90 Å². The van der Waals surface area contributed by atoms with Crippen molar-refractivity contribution in [3.63, 3.8) is 0 Å². The van der Waals surface area contributed by atoms with E-state index in [1.165, 1.54) is 0 Å². The van der Waals surface area contributed by atoms with Crippen LogP contribution in [0.15, 0.2) is 0 Å². The Balaban J connectivity index is 4.16. The van der Waals surface area contributed by atoms with Crippen LogP contribution in [0, 0.1) is 5.41 Å². The Kier molecular flexibility index (Phi) is 4.16. The molecule has 0 heterocycles. The molecular formula is C9H17O2. The zero-order valence-corrected chi connectivity index (χ0v) is 7.64. The van der Waals surface area contributed by atoms with E-state index in [9.17, 15) is 9.90 Å². The van der Waals surface area contributed by atoms with Crippen LogP contribution in [0.3, 0.4) is 0 Å². The monoisotopic (exact) mass is 157 g/mol. The van der Waals surface area contributed by atoms with Crippen molar-refractivity contribution in [3.05, 3.63) is 0 Å². The van der Waals surface area contributed by atoms with Crippen LogP contribution in [0.1, 0.15) is 46.5 Å². The molecular weight excluding hydrogens is 140 g/mol. The third kappa shape index (κ3) is 2.91. The number of hydrogen-bond acceptors (Lipinski definition) is 1. The smallest absolute Gasteiger partial charge is 0.247 e. The second-order valence-corrected chi connectivity index (χ2v) is 3.11. The standard InChI is InChI=1S/C9H17O2/c1-4-9(5-2,6-3)7-8(10)11/h4-7H2,1-3H3. The molecule has 0 atom stereocenters. The first kappa shape index (κ1) is 10.5. The molecule has 0 N–H and O–H groups in total. The van der Waals surface area contributed by atoms with E-state index < -0.39 is 5.97 Å². The van der Waals surface area contributed by atoms with E-state index in [4.69, 9.17) is 0 Å². The first-order valence-electron chi connectivity index (χ1n) is 4.30.